The van der Waals surface area contributed by atoms with Crippen molar-refractivity contribution in [3.8, 4) is 0 Å². The number of hydrogen-bond acceptors (Lipinski definition) is 5. The van der Waals surface area contributed by atoms with Gasteiger partial charge in [0, 0.05) is 11.6 Å². The number of nitro groups is 1. The minimum absolute atomic E-state index is 0.145. The van der Waals surface area contributed by atoms with E-state index in [-0.39, 0.29) is 24.3 Å². The first-order valence-corrected chi connectivity index (χ1v) is 5.48. The summed E-state index contributed by atoms with van der Waals surface area (Å²) in [7, 11) is 0. The van der Waals surface area contributed by atoms with Gasteiger partial charge in [0.05, 0.1) is 18.0 Å². The number of hydrazine groups is 1. The number of hydrogen-bond donors (Lipinski definition) is 2. The van der Waals surface area contributed by atoms with Gasteiger partial charge in [-0.15, -0.1) is 0 Å². The van der Waals surface area contributed by atoms with Crippen molar-refractivity contribution in [1.29, 1.82) is 0 Å². The molecule has 0 aromatic heterocycles. The van der Waals surface area contributed by atoms with Crippen LogP contribution < -0.4 is 10.9 Å². The molecular formula is C11H13N3O5. The molecule has 0 bridgehead atoms. The summed E-state index contributed by atoms with van der Waals surface area (Å²) in [6, 6.07) is 5.88. The lowest BCUT2D eigenvalue weighted by Gasteiger charge is -2.07. The maximum atomic E-state index is 11.5. The molecule has 0 heterocycles. The van der Waals surface area contributed by atoms with E-state index in [1.54, 1.807) is 13.0 Å². The number of carbonyl (C=O) groups excluding carboxylic acids is 2. The summed E-state index contributed by atoms with van der Waals surface area (Å²) >= 11 is 0. The molecule has 0 aliphatic heterocycles. The number of amides is 2. The lowest BCUT2D eigenvalue weighted by Crippen LogP contribution is -2.42. The Kier molecular flexibility index (Phi) is 5.27. The highest BCUT2D eigenvalue weighted by atomic mass is 16.6. The van der Waals surface area contributed by atoms with Crippen LogP contribution in [0.5, 0.6) is 0 Å². The van der Waals surface area contributed by atoms with E-state index >= 15 is 0 Å². The molecule has 0 aliphatic carbocycles. The standard InChI is InChI=1S/C11H13N3O5/c1-2-19-11(16)13-12-10(15)7-8-5-3-4-6-9(8)14(17)18/h3-6H,2,7H2,1H3,(H,12,15)(H,13,16). The Hall–Kier alpha value is -2.64. The van der Waals surface area contributed by atoms with Crippen LogP contribution in [0.25, 0.3) is 0 Å². The summed E-state index contributed by atoms with van der Waals surface area (Å²) in [6.07, 6.45) is -1.01. The van der Waals surface area contributed by atoms with Crippen LogP contribution in [0.2, 0.25) is 0 Å². The van der Waals surface area contributed by atoms with Crippen molar-refractivity contribution in [2.45, 2.75) is 13.3 Å². The number of nitrogens with one attached hydrogen (secondary N) is 2. The number of nitro benzene ring substituents is 1. The number of ether oxygens (including phenoxy) is 1. The van der Waals surface area contributed by atoms with Gasteiger partial charge in [-0.05, 0) is 6.92 Å². The molecule has 0 unspecified atom stereocenters. The van der Waals surface area contributed by atoms with E-state index in [4.69, 9.17) is 0 Å². The molecular weight excluding hydrogens is 254 g/mol. The first-order chi connectivity index (χ1) is 9.04. The minimum Gasteiger partial charge on any atom is -0.449 e. The predicted octanol–water partition coefficient (Wildman–Crippen LogP) is 0.915. The van der Waals surface area contributed by atoms with E-state index in [2.05, 4.69) is 10.2 Å². The Labute approximate surface area is 108 Å². The van der Waals surface area contributed by atoms with Crippen LogP contribution >= 0.6 is 0 Å². The monoisotopic (exact) mass is 267 g/mol. The number of para-hydroxylation sites is 1. The third-order valence-electron chi connectivity index (χ3n) is 2.12. The SMILES string of the molecule is CCOC(=O)NNC(=O)Cc1ccccc1[N+](=O)[O-]. The third-order valence-corrected chi connectivity index (χ3v) is 2.12. The van der Waals surface area contributed by atoms with Crippen molar-refractivity contribution in [1.82, 2.24) is 10.9 Å². The fourth-order valence-corrected chi connectivity index (χ4v) is 1.34. The Balaban J connectivity index is 2.58. The molecule has 0 atom stereocenters. The fraction of sp³-hybridized carbons (Fsp3) is 0.273. The van der Waals surface area contributed by atoms with E-state index in [0.717, 1.165) is 0 Å². The van der Waals surface area contributed by atoms with Gasteiger partial charge in [0.25, 0.3) is 5.69 Å². The first kappa shape index (κ1) is 14.4. The van der Waals surface area contributed by atoms with Gasteiger partial charge < -0.3 is 4.74 Å². The number of carbonyl (C=O) groups is 2. The third kappa shape index (κ3) is 4.62. The second-order valence-corrected chi connectivity index (χ2v) is 3.46. The van der Waals surface area contributed by atoms with Crippen molar-refractivity contribution in [3.05, 3.63) is 39.9 Å². The molecule has 0 saturated heterocycles. The lowest BCUT2D eigenvalue weighted by atomic mass is 10.1. The highest BCUT2D eigenvalue weighted by molar-refractivity contribution is 5.81. The highest BCUT2D eigenvalue weighted by Crippen LogP contribution is 2.17. The lowest BCUT2D eigenvalue weighted by molar-refractivity contribution is -0.385. The molecule has 2 N–H and O–H groups in total. The molecule has 0 radical (unpaired) electrons. The highest BCUT2D eigenvalue weighted by Gasteiger charge is 2.15. The summed E-state index contributed by atoms with van der Waals surface area (Å²) < 4.78 is 4.53. The average Bonchev–Trinajstić information content (AvgIpc) is 2.37. The smallest absolute Gasteiger partial charge is 0.426 e. The van der Waals surface area contributed by atoms with Crippen molar-refractivity contribution < 1.29 is 19.2 Å². The van der Waals surface area contributed by atoms with Crippen LogP contribution in [0.4, 0.5) is 10.5 Å². The van der Waals surface area contributed by atoms with Crippen LogP contribution in [0.1, 0.15) is 12.5 Å². The molecule has 0 aliphatic rings. The Morgan fingerprint density at radius 2 is 2.00 bits per heavy atom. The van der Waals surface area contributed by atoms with Gasteiger partial charge in [0.15, 0.2) is 0 Å². The van der Waals surface area contributed by atoms with Gasteiger partial charge in [-0.25, -0.2) is 10.2 Å². The molecule has 1 rings (SSSR count). The maximum absolute atomic E-state index is 11.5. The van der Waals surface area contributed by atoms with Crippen LogP contribution in [0, 0.1) is 10.1 Å². The topological polar surface area (TPSA) is 111 Å². The predicted molar refractivity (Wildman–Crippen MR) is 65.1 cm³/mol. The van der Waals surface area contributed by atoms with Crippen LogP contribution in [-0.2, 0) is 16.0 Å². The van der Waals surface area contributed by atoms with Crippen molar-refractivity contribution >= 4 is 17.7 Å². The molecule has 8 heteroatoms. The second-order valence-electron chi connectivity index (χ2n) is 3.46. The zero-order valence-electron chi connectivity index (χ0n) is 10.2. The summed E-state index contributed by atoms with van der Waals surface area (Å²) in [6.45, 7) is 1.79. The average molecular weight is 267 g/mol. The van der Waals surface area contributed by atoms with E-state index in [1.165, 1.54) is 18.2 Å². The Morgan fingerprint density at radius 3 is 2.63 bits per heavy atom. The van der Waals surface area contributed by atoms with Crippen molar-refractivity contribution in [2.24, 2.45) is 0 Å². The molecule has 8 nitrogen and oxygen atoms in total. The Bertz CT molecular complexity index is 489. The van der Waals surface area contributed by atoms with Gasteiger partial charge in [0.1, 0.15) is 0 Å². The molecule has 1 aromatic carbocycles. The number of benzene rings is 1. The van der Waals surface area contributed by atoms with Crippen LogP contribution in [0.3, 0.4) is 0 Å². The minimum atomic E-state index is -0.793. The number of nitrogens with zero attached hydrogens (tertiary/aromatic N) is 1. The molecule has 1 aromatic rings. The second kappa shape index (κ2) is 6.94. The van der Waals surface area contributed by atoms with E-state index in [0.29, 0.717) is 0 Å². The Morgan fingerprint density at radius 1 is 1.32 bits per heavy atom. The largest absolute Gasteiger partial charge is 0.449 e. The maximum Gasteiger partial charge on any atom is 0.426 e. The van der Waals surface area contributed by atoms with E-state index < -0.39 is 16.9 Å². The van der Waals surface area contributed by atoms with Crippen molar-refractivity contribution in [3.63, 3.8) is 0 Å². The molecule has 19 heavy (non-hydrogen) atoms. The van der Waals surface area contributed by atoms with Gasteiger partial charge >= 0.3 is 6.09 Å². The molecule has 0 fully saturated rings. The zero-order valence-corrected chi connectivity index (χ0v) is 10.2. The zero-order chi connectivity index (χ0) is 14.3. The van der Waals surface area contributed by atoms with Gasteiger partial charge in [-0.1, -0.05) is 18.2 Å². The normalized spacial score (nSPS) is 9.53. The quantitative estimate of drug-likeness (QED) is 0.622. The van der Waals surface area contributed by atoms with Gasteiger partial charge in [0.2, 0.25) is 5.91 Å². The summed E-state index contributed by atoms with van der Waals surface area (Å²) in [5.41, 5.74) is 4.23. The first-order valence-electron chi connectivity index (χ1n) is 5.48. The van der Waals surface area contributed by atoms with Gasteiger partial charge in [-0.2, -0.15) is 0 Å². The molecule has 0 saturated carbocycles. The fourth-order valence-electron chi connectivity index (χ4n) is 1.34. The summed E-state index contributed by atoms with van der Waals surface area (Å²) in [5.74, 6) is -0.581. The van der Waals surface area contributed by atoms with Crippen LogP contribution in [-0.4, -0.2) is 23.5 Å². The van der Waals surface area contributed by atoms with Crippen LogP contribution in [0.15, 0.2) is 24.3 Å². The van der Waals surface area contributed by atoms with E-state index in [1.807, 2.05) is 5.43 Å². The summed E-state index contributed by atoms with van der Waals surface area (Å²) in [4.78, 5) is 32.6. The summed E-state index contributed by atoms with van der Waals surface area (Å²) in [5, 5.41) is 10.7. The van der Waals surface area contributed by atoms with Gasteiger partial charge in [-0.3, -0.25) is 20.3 Å². The molecule has 2 amide bonds. The molecule has 102 valence electrons. The van der Waals surface area contributed by atoms with Crippen molar-refractivity contribution in [2.75, 3.05) is 6.61 Å². The van der Waals surface area contributed by atoms with E-state index in [9.17, 15) is 19.7 Å². The molecule has 0 spiro atoms. The number of rotatable bonds is 4.